The SMILES string of the molecule is NC(=O)c1ccsc1NC(=O)c1ccc(-c2cccc(OC3CCNCC3)c2)cc1. The minimum absolute atomic E-state index is 0.245. The van der Waals surface area contributed by atoms with Crippen molar-refractivity contribution in [3.63, 3.8) is 0 Å². The number of hydrogen-bond donors (Lipinski definition) is 3. The van der Waals surface area contributed by atoms with Gasteiger partial charge in [-0.25, -0.2) is 0 Å². The highest BCUT2D eigenvalue weighted by Gasteiger charge is 2.15. The van der Waals surface area contributed by atoms with Crippen molar-refractivity contribution in [2.75, 3.05) is 18.4 Å². The normalized spacial score (nSPS) is 14.3. The van der Waals surface area contributed by atoms with Crippen LogP contribution in [0.1, 0.15) is 33.6 Å². The van der Waals surface area contributed by atoms with E-state index in [0.29, 0.717) is 16.1 Å². The number of rotatable bonds is 6. The molecular weight excluding hydrogens is 398 g/mol. The maximum Gasteiger partial charge on any atom is 0.256 e. The Labute approximate surface area is 179 Å². The van der Waals surface area contributed by atoms with Crippen molar-refractivity contribution in [1.82, 2.24) is 5.32 Å². The summed E-state index contributed by atoms with van der Waals surface area (Å²) in [4.78, 5) is 23.9. The fourth-order valence-corrected chi connectivity index (χ4v) is 4.23. The summed E-state index contributed by atoms with van der Waals surface area (Å²) in [6.07, 6.45) is 2.26. The third kappa shape index (κ3) is 4.69. The van der Waals surface area contributed by atoms with Crippen molar-refractivity contribution >= 4 is 28.2 Å². The van der Waals surface area contributed by atoms with Gasteiger partial charge in [0.2, 0.25) is 0 Å². The summed E-state index contributed by atoms with van der Waals surface area (Å²) in [7, 11) is 0. The number of benzene rings is 2. The molecule has 154 valence electrons. The van der Waals surface area contributed by atoms with E-state index in [4.69, 9.17) is 10.5 Å². The Morgan fingerprint density at radius 2 is 1.80 bits per heavy atom. The first-order valence-electron chi connectivity index (χ1n) is 9.86. The molecule has 6 nitrogen and oxygen atoms in total. The van der Waals surface area contributed by atoms with Crippen LogP contribution in [0.15, 0.2) is 60.0 Å². The second-order valence-corrected chi connectivity index (χ2v) is 8.07. The molecule has 0 atom stereocenters. The van der Waals surface area contributed by atoms with Crippen LogP contribution in [0.3, 0.4) is 0 Å². The molecule has 1 aromatic heterocycles. The summed E-state index contributed by atoms with van der Waals surface area (Å²) >= 11 is 1.27. The summed E-state index contributed by atoms with van der Waals surface area (Å²) in [5.74, 6) is 0.0147. The average molecular weight is 422 g/mol. The van der Waals surface area contributed by atoms with Crippen molar-refractivity contribution in [3.8, 4) is 16.9 Å². The van der Waals surface area contributed by atoms with Crippen molar-refractivity contribution in [2.45, 2.75) is 18.9 Å². The standard InChI is InChI=1S/C23H23N3O3S/c24-21(27)20-10-13-30-23(20)26-22(28)16-6-4-15(5-7-16)17-2-1-3-19(14-17)29-18-8-11-25-12-9-18/h1-7,10,13-14,18,25H,8-9,11-12H2,(H2,24,27)(H,26,28). The molecule has 1 aliphatic rings. The van der Waals surface area contributed by atoms with Gasteiger partial charge in [-0.05, 0) is 72.8 Å². The molecule has 1 fully saturated rings. The number of anilines is 1. The molecule has 7 heteroatoms. The second kappa shape index (κ2) is 9.11. The number of carbonyl (C=O) groups excluding carboxylic acids is 2. The Morgan fingerprint density at radius 1 is 1.03 bits per heavy atom. The van der Waals surface area contributed by atoms with Crippen LogP contribution in [0.5, 0.6) is 5.75 Å². The molecule has 2 amide bonds. The predicted octanol–water partition coefficient (Wildman–Crippen LogP) is 3.90. The van der Waals surface area contributed by atoms with Crippen LogP contribution in [0.4, 0.5) is 5.00 Å². The van der Waals surface area contributed by atoms with Crippen LogP contribution >= 0.6 is 11.3 Å². The zero-order valence-corrected chi connectivity index (χ0v) is 17.2. The Morgan fingerprint density at radius 3 is 2.53 bits per heavy atom. The lowest BCUT2D eigenvalue weighted by Gasteiger charge is -2.24. The van der Waals surface area contributed by atoms with Gasteiger partial charge in [-0.3, -0.25) is 9.59 Å². The van der Waals surface area contributed by atoms with Crippen LogP contribution in [0.25, 0.3) is 11.1 Å². The molecule has 2 aromatic carbocycles. The lowest BCUT2D eigenvalue weighted by molar-refractivity contribution is 0.100. The Balaban J connectivity index is 1.45. The van der Waals surface area contributed by atoms with E-state index in [0.717, 1.165) is 42.8 Å². The van der Waals surface area contributed by atoms with Gasteiger partial charge in [0.05, 0.1) is 5.56 Å². The minimum atomic E-state index is -0.562. The van der Waals surface area contributed by atoms with E-state index in [1.54, 1.807) is 23.6 Å². The van der Waals surface area contributed by atoms with Crippen molar-refractivity contribution in [1.29, 1.82) is 0 Å². The highest BCUT2D eigenvalue weighted by atomic mass is 32.1. The van der Waals surface area contributed by atoms with E-state index in [2.05, 4.69) is 10.6 Å². The highest BCUT2D eigenvalue weighted by molar-refractivity contribution is 7.14. The van der Waals surface area contributed by atoms with E-state index in [-0.39, 0.29) is 12.0 Å². The first-order valence-corrected chi connectivity index (χ1v) is 10.7. The molecule has 0 spiro atoms. The van der Waals surface area contributed by atoms with Gasteiger partial charge in [0.15, 0.2) is 0 Å². The maximum absolute atomic E-state index is 12.5. The van der Waals surface area contributed by atoms with Gasteiger partial charge in [-0.1, -0.05) is 24.3 Å². The van der Waals surface area contributed by atoms with E-state index < -0.39 is 5.91 Å². The van der Waals surface area contributed by atoms with E-state index >= 15 is 0 Å². The number of thiophene rings is 1. The molecule has 4 N–H and O–H groups in total. The highest BCUT2D eigenvalue weighted by Crippen LogP contribution is 2.27. The van der Waals surface area contributed by atoms with Crippen LogP contribution in [-0.4, -0.2) is 31.0 Å². The summed E-state index contributed by atoms with van der Waals surface area (Å²) < 4.78 is 6.13. The van der Waals surface area contributed by atoms with Crippen molar-refractivity contribution in [2.24, 2.45) is 5.73 Å². The van der Waals surface area contributed by atoms with Crippen molar-refractivity contribution in [3.05, 3.63) is 71.1 Å². The molecule has 3 aromatic rings. The van der Waals surface area contributed by atoms with Gasteiger partial charge in [0, 0.05) is 5.56 Å². The van der Waals surface area contributed by atoms with Gasteiger partial charge < -0.3 is 21.1 Å². The maximum atomic E-state index is 12.5. The van der Waals surface area contributed by atoms with Gasteiger partial charge in [-0.15, -0.1) is 11.3 Å². The first kappa shape index (κ1) is 20.1. The van der Waals surface area contributed by atoms with E-state index in [1.807, 2.05) is 36.4 Å². The number of amides is 2. The fourth-order valence-electron chi connectivity index (χ4n) is 3.44. The smallest absolute Gasteiger partial charge is 0.256 e. The van der Waals surface area contributed by atoms with Gasteiger partial charge in [-0.2, -0.15) is 0 Å². The number of hydrogen-bond acceptors (Lipinski definition) is 5. The number of nitrogens with one attached hydrogen (secondary N) is 2. The number of piperidine rings is 1. The number of ether oxygens (including phenoxy) is 1. The summed E-state index contributed by atoms with van der Waals surface area (Å²) in [6.45, 7) is 1.97. The molecule has 0 radical (unpaired) electrons. The number of primary amides is 1. The third-order valence-electron chi connectivity index (χ3n) is 5.06. The molecule has 1 aliphatic heterocycles. The Bertz CT molecular complexity index is 1040. The summed E-state index contributed by atoms with van der Waals surface area (Å²) in [5.41, 5.74) is 8.18. The summed E-state index contributed by atoms with van der Waals surface area (Å²) in [6, 6.07) is 17.0. The molecule has 0 unspecified atom stereocenters. The number of carbonyl (C=O) groups is 2. The second-order valence-electron chi connectivity index (χ2n) is 7.15. The quantitative estimate of drug-likeness (QED) is 0.563. The lowest BCUT2D eigenvalue weighted by atomic mass is 10.0. The zero-order valence-electron chi connectivity index (χ0n) is 16.4. The van der Waals surface area contributed by atoms with Gasteiger partial charge >= 0.3 is 0 Å². The molecule has 2 heterocycles. The van der Waals surface area contributed by atoms with Crippen molar-refractivity contribution < 1.29 is 14.3 Å². The van der Waals surface area contributed by atoms with Gasteiger partial charge in [0.1, 0.15) is 16.9 Å². The van der Waals surface area contributed by atoms with Crippen LogP contribution in [0, 0.1) is 0 Å². The molecule has 0 aliphatic carbocycles. The van der Waals surface area contributed by atoms with E-state index in [9.17, 15) is 9.59 Å². The topological polar surface area (TPSA) is 93.5 Å². The Hall–Kier alpha value is -3.16. The minimum Gasteiger partial charge on any atom is -0.490 e. The molecule has 1 saturated heterocycles. The first-order chi connectivity index (χ1) is 14.6. The molecular formula is C23H23N3O3S. The Kier molecular flexibility index (Phi) is 6.11. The monoisotopic (exact) mass is 421 g/mol. The largest absolute Gasteiger partial charge is 0.490 e. The molecule has 0 saturated carbocycles. The zero-order chi connectivity index (χ0) is 20.9. The van der Waals surface area contributed by atoms with Gasteiger partial charge in [0.25, 0.3) is 11.8 Å². The van der Waals surface area contributed by atoms with E-state index in [1.165, 1.54) is 11.3 Å². The predicted molar refractivity (Wildman–Crippen MR) is 119 cm³/mol. The molecule has 30 heavy (non-hydrogen) atoms. The van der Waals surface area contributed by atoms with Crippen LogP contribution in [0.2, 0.25) is 0 Å². The average Bonchev–Trinajstić information content (AvgIpc) is 3.23. The molecule has 0 bridgehead atoms. The summed E-state index contributed by atoms with van der Waals surface area (Å²) in [5, 5.41) is 8.27. The lowest BCUT2D eigenvalue weighted by Crippen LogP contribution is -2.34. The van der Waals surface area contributed by atoms with Crippen LogP contribution < -0.4 is 21.1 Å². The third-order valence-corrected chi connectivity index (χ3v) is 5.89. The van der Waals surface area contributed by atoms with Crippen LogP contribution in [-0.2, 0) is 0 Å². The number of nitrogens with two attached hydrogens (primary N) is 1. The fraction of sp³-hybridized carbons (Fsp3) is 0.217. The molecule has 4 rings (SSSR count).